The first-order valence-corrected chi connectivity index (χ1v) is 12.8. The van der Waals surface area contributed by atoms with Crippen molar-refractivity contribution in [3.05, 3.63) is 57.9 Å². The van der Waals surface area contributed by atoms with Gasteiger partial charge < -0.3 is 9.84 Å². The number of carboxylic acids is 1. The summed E-state index contributed by atoms with van der Waals surface area (Å²) < 4.78 is 20.7. The molecule has 3 heterocycles. The summed E-state index contributed by atoms with van der Waals surface area (Å²) in [5.41, 5.74) is 1.35. The molecule has 0 aliphatic carbocycles. The number of benzene rings is 1. The molecular formula is C28H31FN2O3S. The Labute approximate surface area is 209 Å². The summed E-state index contributed by atoms with van der Waals surface area (Å²) in [6, 6.07) is 11.3. The van der Waals surface area contributed by atoms with Gasteiger partial charge in [-0.2, -0.15) is 0 Å². The molecule has 1 unspecified atom stereocenters. The van der Waals surface area contributed by atoms with Crippen molar-refractivity contribution >= 4 is 28.2 Å². The molecule has 1 N–H and O–H groups in total. The van der Waals surface area contributed by atoms with Gasteiger partial charge in [0.1, 0.15) is 11.9 Å². The first kappa shape index (κ1) is 25.2. The van der Waals surface area contributed by atoms with Gasteiger partial charge in [0.2, 0.25) is 0 Å². The smallest absolute Gasteiger partial charge is 0.303 e. The number of pyridine rings is 1. The molecule has 7 heteroatoms. The highest BCUT2D eigenvalue weighted by Gasteiger charge is 2.31. The number of methoxy groups -OCH3 is 1. The lowest BCUT2D eigenvalue weighted by Gasteiger charge is -2.37. The lowest BCUT2D eigenvalue weighted by atomic mass is 9.79. The molecule has 1 aromatic carbocycles. The second-order valence-electron chi connectivity index (χ2n) is 9.18. The molecule has 35 heavy (non-hydrogen) atoms. The fourth-order valence-corrected chi connectivity index (χ4v) is 5.68. The van der Waals surface area contributed by atoms with Crippen molar-refractivity contribution in [1.82, 2.24) is 9.88 Å². The van der Waals surface area contributed by atoms with Crippen molar-refractivity contribution in [2.75, 3.05) is 26.7 Å². The maximum Gasteiger partial charge on any atom is 0.303 e. The zero-order valence-electron chi connectivity index (χ0n) is 20.2. The number of carbonyl (C=O) groups is 1. The number of nitrogens with zero attached hydrogens (tertiary/aromatic N) is 2. The molecule has 0 amide bonds. The number of aryl methyl sites for hydroxylation is 1. The molecule has 0 radical (unpaired) electrons. The minimum Gasteiger partial charge on any atom is -0.497 e. The second kappa shape index (κ2) is 11.7. The van der Waals surface area contributed by atoms with Crippen LogP contribution >= 0.6 is 11.3 Å². The number of thiophene rings is 1. The van der Waals surface area contributed by atoms with E-state index in [1.807, 2.05) is 24.3 Å². The number of ether oxygens (including phenoxy) is 1. The highest BCUT2D eigenvalue weighted by molar-refractivity contribution is 7.12. The Kier molecular flexibility index (Phi) is 8.37. The van der Waals surface area contributed by atoms with Gasteiger partial charge in [-0.3, -0.25) is 14.7 Å². The molecule has 4 rings (SSSR count). The monoisotopic (exact) mass is 494 g/mol. The second-order valence-corrected chi connectivity index (χ2v) is 10.5. The van der Waals surface area contributed by atoms with Gasteiger partial charge in [-0.05, 0) is 86.5 Å². The Morgan fingerprint density at radius 2 is 2.17 bits per heavy atom. The van der Waals surface area contributed by atoms with Gasteiger partial charge in [0.15, 0.2) is 0 Å². The summed E-state index contributed by atoms with van der Waals surface area (Å²) >= 11 is 1.68. The van der Waals surface area contributed by atoms with E-state index < -0.39 is 12.1 Å². The first-order chi connectivity index (χ1) is 16.9. The van der Waals surface area contributed by atoms with E-state index in [9.17, 15) is 9.90 Å². The Bertz CT molecular complexity index is 1230. The topological polar surface area (TPSA) is 62.7 Å². The van der Waals surface area contributed by atoms with Crippen LogP contribution in [-0.4, -0.2) is 47.7 Å². The van der Waals surface area contributed by atoms with Gasteiger partial charge in [-0.1, -0.05) is 11.8 Å². The fraction of sp³-hybridized carbons (Fsp3) is 0.429. The molecule has 1 aliphatic rings. The highest BCUT2D eigenvalue weighted by atomic mass is 32.1. The first-order valence-electron chi connectivity index (χ1n) is 12.0. The quantitative estimate of drug-likeness (QED) is 0.397. The number of fused-ring (bicyclic) bond motifs is 1. The molecule has 0 bridgehead atoms. The molecule has 3 aromatic rings. The molecule has 1 saturated heterocycles. The van der Waals surface area contributed by atoms with Gasteiger partial charge in [-0.15, -0.1) is 11.3 Å². The predicted octanol–water partition coefficient (Wildman–Crippen LogP) is 5.87. The molecular weight excluding hydrogens is 463 g/mol. The SMILES string of the molecule is COc1ccc2nccc(C(F)CC[C@@H]3CCN(CC#Cc4ccc(C)s4)C[C@@H]3CC(=O)O)c2c1. The Balaban J connectivity index is 1.39. The summed E-state index contributed by atoms with van der Waals surface area (Å²) in [5.74, 6) is 6.48. The molecule has 0 saturated carbocycles. The van der Waals surface area contributed by atoms with Crippen LogP contribution in [0.25, 0.3) is 10.9 Å². The van der Waals surface area contributed by atoms with Crippen molar-refractivity contribution in [3.63, 3.8) is 0 Å². The van der Waals surface area contributed by atoms with Crippen molar-refractivity contribution in [3.8, 4) is 17.6 Å². The van der Waals surface area contributed by atoms with Crippen LogP contribution < -0.4 is 4.74 Å². The number of alkyl halides is 1. The third kappa shape index (κ3) is 6.59. The lowest BCUT2D eigenvalue weighted by Crippen LogP contribution is -2.41. The number of hydrogen-bond acceptors (Lipinski definition) is 5. The Morgan fingerprint density at radius 1 is 1.31 bits per heavy atom. The van der Waals surface area contributed by atoms with Gasteiger partial charge in [0.25, 0.3) is 0 Å². The third-order valence-corrected chi connectivity index (χ3v) is 7.69. The van der Waals surface area contributed by atoms with Crippen LogP contribution in [0.1, 0.15) is 47.2 Å². The number of carboxylic acid groups (broad SMARTS) is 1. The van der Waals surface area contributed by atoms with Crippen molar-refractivity contribution < 1.29 is 19.0 Å². The fourth-order valence-electron chi connectivity index (χ4n) is 4.94. The number of piperidine rings is 1. The Morgan fingerprint density at radius 3 is 2.91 bits per heavy atom. The normalized spacial score (nSPS) is 19.2. The zero-order valence-corrected chi connectivity index (χ0v) is 21.0. The van der Waals surface area contributed by atoms with Gasteiger partial charge in [-0.25, -0.2) is 4.39 Å². The minimum absolute atomic E-state index is 0.00601. The van der Waals surface area contributed by atoms with Crippen LogP contribution in [0.5, 0.6) is 5.75 Å². The molecule has 0 spiro atoms. The number of aliphatic carboxylic acids is 1. The summed E-state index contributed by atoms with van der Waals surface area (Å²) in [7, 11) is 1.59. The van der Waals surface area contributed by atoms with Crippen LogP contribution in [0, 0.1) is 30.6 Å². The maximum atomic E-state index is 15.4. The Hall–Kier alpha value is -2.95. The molecule has 1 fully saturated rings. The number of likely N-dealkylation sites (tertiary alicyclic amines) is 1. The summed E-state index contributed by atoms with van der Waals surface area (Å²) in [6.07, 6.45) is 2.47. The summed E-state index contributed by atoms with van der Waals surface area (Å²) in [5, 5.41) is 10.2. The van der Waals surface area contributed by atoms with Gasteiger partial charge in [0.05, 0.1) is 24.0 Å². The standard InChI is InChI=1S/C28H31FN2O3S/c1-19-5-8-23(35-19)4-3-14-31-15-12-20(21(18-31)16-28(32)33)6-9-26(29)24-11-13-30-27-10-7-22(34-2)17-25(24)27/h5,7-8,10-11,13,17,20-21,26H,6,9,12,14-16,18H2,1-2H3,(H,32,33)/t20-,21+,26?/m1/s1. The van der Waals surface area contributed by atoms with E-state index in [-0.39, 0.29) is 18.3 Å². The number of aromatic nitrogens is 1. The van der Waals surface area contributed by atoms with Gasteiger partial charge in [0, 0.05) is 29.4 Å². The van der Waals surface area contributed by atoms with E-state index in [1.165, 1.54) is 4.88 Å². The van der Waals surface area contributed by atoms with Crippen molar-refractivity contribution in [2.24, 2.45) is 11.8 Å². The molecule has 184 valence electrons. The maximum absolute atomic E-state index is 15.4. The van der Waals surface area contributed by atoms with Crippen LogP contribution in [0.3, 0.4) is 0 Å². The van der Waals surface area contributed by atoms with Crippen LogP contribution in [-0.2, 0) is 4.79 Å². The van der Waals surface area contributed by atoms with E-state index in [0.717, 1.165) is 28.7 Å². The molecule has 2 aromatic heterocycles. The van der Waals surface area contributed by atoms with E-state index >= 15 is 4.39 Å². The number of hydrogen-bond donors (Lipinski definition) is 1. The minimum atomic E-state index is -1.14. The number of rotatable bonds is 8. The highest BCUT2D eigenvalue weighted by Crippen LogP contribution is 2.36. The number of halogens is 1. The van der Waals surface area contributed by atoms with E-state index in [0.29, 0.717) is 37.2 Å². The van der Waals surface area contributed by atoms with E-state index in [4.69, 9.17) is 4.74 Å². The van der Waals surface area contributed by atoms with Gasteiger partial charge >= 0.3 is 5.97 Å². The average molecular weight is 495 g/mol. The van der Waals surface area contributed by atoms with E-state index in [2.05, 4.69) is 34.7 Å². The predicted molar refractivity (Wildman–Crippen MR) is 138 cm³/mol. The third-order valence-electron chi connectivity index (χ3n) is 6.78. The summed E-state index contributed by atoms with van der Waals surface area (Å²) in [6.45, 7) is 4.22. The molecule has 3 atom stereocenters. The van der Waals surface area contributed by atoms with Crippen LogP contribution in [0.4, 0.5) is 4.39 Å². The average Bonchev–Trinajstić information content (AvgIpc) is 3.27. The lowest BCUT2D eigenvalue weighted by molar-refractivity contribution is -0.139. The van der Waals surface area contributed by atoms with E-state index in [1.54, 1.807) is 30.7 Å². The van der Waals surface area contributed by atoms with Crippen molar-refractivity contribution in [1.29, 1.82) is 0 Å². The summed E-state index contributed by atoms with van der Waals surface area (Å²) in [4.78, 5) is 20.4. The zero-order chi connectivity index (χ0) is 24.8. The molecule has 5 nitrogen and oxygen atoms in total. The van der Waals surface area contributed by atoms with Crippen molar-refractivity contribution in [2.45, 2.75) is 38.8 Å². The van der Waals surface area contributed by atoms with Crippen LogP contribution in [0.15, 0.2) is 42.6 Å². The van der Waals surface area contributed by atoms with Crippen LogP contribution in [0.2, 0.25) is 0 Å². The largest absolute Gasteiger partial charge is 0.497 e. The molecule has 1 aliphatic heterocycles.